The van der Waals surface area contributed by atoms with Gasteiger partial charge in [0.1, 0.15) is 0 Å². The number of benzene rings is 4. The Labute approximate surface area is 323 Å². The van der Waals surface area contributed by atoms with Crippen LogP contribution in [0.2, 0.25) is 13.1 Å². The van der Waals surface area contributed by atoms with E-state index in [1.807, 2.05) is 38.1 Å². The second kappa shape index (κ2) is 16.6. The van der Waals surface area contributed by atoms with E-state index in [0.717, 1.165) is 34.2 Å². The summed E-state index contributed by atoms with van der Waals surface area (Å²) in [6, 6.07) is 43.4. The van der Waals surface area contributed by atoms with Crippen LogP contribution in [0.3, 0.4) is 0 Å². The summed E-state index contributed by atoms with van der Waals surface area (Å²) in [6.45, 7) is 16.9. The summed E-state index contributed by atoms with van der Waals surface area (Å²) in [5.41, 5.74) is 12.4. The van der Waals surface area contributed by atoms with Crippen LogP contribution >= 0.6 is 17.0 Å². The van der Waals surface area contributed by atoms with Crippen molar-refractivity contribution in [2.45, 2.75) is 54.6 Å². The molecule has 0 unspecified atom stereocenters. The Morgan fingerprint density at radius 2 is 0.865 bits per heavy atom. The zero-order valence-corrected chi connectivity index (χ0v) is 36.1. The van der Waals surface area contributed by atoms with Gasteiger partial charge in [0.2, 0.25) is 0 Å². The van der Waals surface area contributed by atoms with Crippen LogP contribution in [0.15, 0.2) is 130 Å². The van der Waals surface area contributed by atoms with Crippen molar-refractivity contribution in [2.24, 2.45) is 0 Å². The molecular weight excluding hydrogens is 775 g/mol. The Bertz CT molecular complexity index is 2320. The van der Waals surface area contributed by atoms with Gasteiger partial charge in [-0.15, -0.1) is 57.9 Å². The Balaban J connectivity index is 0.000000155. The monoisotopic (exact) mass is 816 g/mol. The largest absolute Gasteiger partial charge is 0.496 e. The standard InChI is InChI=1S/2C22H19O.C2H6Si.2ClH.Zr/c2*1-14-4-8-17(9-5-14)22-15(2)6-10-18-12-19(13-20(18)22)21-11-7-16(3)23-21;1-3-2;;;/h2*4-13H,1-3H3;1-2H3;2*1H;/q2*-1;;;;+2/p-2. The van der Waals surface area contributed by atoms with E-state index in [1.54, 1.807) is 0 Å². The molecule has 0 saturated carbocycles. The molecule has 0 N–H and O–H groups in total. The average molecular weight is 819 g/mol. The molecule has 2 nitrogen and oxygen atoms in total. The number of hydrogen-bond acceptors (Lipinski definition) is 2. The topological polar surface area (TPSA) is 26.3 Å². The molecule has 6 heteroatoms. The van der Waals surface area contributed by atoms with Gasteiger partial charge in [0, 0.05) is 0 Å². The second-order valence-corrected chi connectivity index (χ2v) is 36.8. The van der Waals surface area contributed by atoms with E-state index >= 15 is 0 Å². The molecule has 2 aromatic heterocycles. The summed E-state index contributed by atoms with van der Waals surface area (Å²) in [5.74, 6) is 3.76. The van der Waals surface area contributed by atoms with Crippen molar-refractivity contribution >= 4 is 44.0 Å². The molecule has 0 amide bonds. The first kappa shape index (κ1) is 38.1. The molecule has 8 rings (SSSR count). The van der Waals surface area contributed by atoms with Crippen LogP contribution in [-0.2, 0) is 18.0 Å². The molecule has 0 aliphatic carbocycles. The average Bonchev–Trinajstić information content (AvgIpc) is 3.93. The number of furan rings is 2. The molecule has 0 aliphatic rings. The molecule has 0 aliphatic heterocycles. The molecule has 0 bridgehead atoms. The van der Waals surface area contributed by atoms with Gasteiger partial charge in [-0.2, -0.15) is 0 Å². The third-order valence-electron chi connectivity index (χ3n) is 9.31. The fourth-order valence-corrected chi connectivity index (χ4v) is 6.45. The maximum absolute atomic E-state index is 5.79. The van der Waals surface area contributed by atoms with Gasteiger partial charge in [-0.25, -0.2) is 0 Å². The number of halogens is 2. The molecule has 264 valence electrons. The predicted octanol–water partition coefficient (Wildman–Crippen LogP) is 15.0. The van der Waals surface area contributed by atoms with Gasteiger partial charge in [0.15, 0.2) is 0 Å². The van der Waals surface area contributed by atoms with E-state index in [9.17, 15) is 0 Å². The van der Waals surface area contributed by atoms with Crippen LogP contribution in [0.4, 0.5) is 0 Å². The number of fused-ring (bicyclic) bond motifs is 2. The van der Waals surface area contributed by atoms with Crippen molar-refractivity contribution in [3.63, 3.8) is 0 Å². The first-order valence-electron chi connectivity index (χ1n) is 17.5. The van der Waals surface area contributed by atoms with Crippen LogP contribution < -0.4 is 0 Å². The predicted molar refractivity (Wildman–Crippen MR) is 223 cm³/mol. The number of hydrogen-bond donors (Lipinski definition) is 0. The van der Waals surface area contributed by atoms with Gasteiger partial charge in [0.25, 0.3) is 0 Å². The molecule has 52 heavy (non-hydrogen) atoms. The first-order valence-corrected chi connectivity index (χ1v) is 30.1. The number of rotatable bonds is 4. The second-order valence-electron chi connectivity index (χ2n) is 13.8. The molecular formula is C46H44Cl2O2SiZr-2. The molecule has 0 saturated heterocycles. The van der Waals surface area contributed by atoms with Crippen molar-refractivity contribution in [1.82, 2.24) is 0 Å². The Kier molecular flexibility index (Phi) is 12.1. The summed E-state index contributed by atoms with van der Waals surface area (Å²) in [7, 11) is 11.2. The Hall–Kier alpha value is -3.66. The minimum Gasteiger partial charge on any atom is -0.496 e. The zero-order valence-electron chi connectivity index (χ0n) is 31.1. The van der Waals surface area contributed by atoms with Crippen molar-refractivity contribution in [1.29, 1.82) is 0 Å². The van der Waals surface area contributed by atoms with Crippen molar-refractivity contribution in [3.8, 4) is 44.9 Å². The van der Waals surface area contributed by atoms with Gasteiger partial charge in [-0.3, -0.25) is 0 Å². The zero-order chi connectivity index (χ0) is 37.1. The van der Waals surface area contributed by atoms with E-state index in [2.05, 4.69) is 138 Å². The minimum atomic E-state index is -1.65. The fourth-order valence-electron chi connectivity index (χ4n) is 6.45. The maximum atomic E-state index is 5.79. The van der Waals surface area contributed by atoms with Gasteiger partial charge >= 0.3 is 53.5 Å². The molecule has 6 aromatic carbocycles. The number of aryl methyl sites for hydroxylation is 6. The van der Waals surface area contributed by atoms with Crippen LogP contribution in [0.1, 0.15) is 33.8 Å². The minimum absolute atomic E-state index is 0.224. The first-order chi connectivity index (χ1) is 24.9. The van der Waals surface area contributed by atoms with Crippen molar-refractivity contribution in [3.05, 3.63) is 155 Å². The van der Waals surface area contributed by atoms with Crippen molar-refractivity contribution in [2.75, 3.05) is 0 Å². The van der Waals surface area contributed by atoms with Gasteiger partial charge in [-0.05, 0) is 88.1 Å². The molecule has 2 heterocycles. The molecule has 0 spiro atoms. The van der Waals surface area contributed by atoms with E-state index < -0.39 is 18.0 Å². The summed E-state index contributed by atoms with van der Waals surface area (Å²) in [6.07, 6.45) is 0. The third-order valence-corrected chi connectivity index (χ3v) is 29.1. The van der Waals surface area contributed by atoms with E-state index in [1.165, 1.54) is 66.1 Å². The quantitative estimate of drug-likeness (QED) is 0.131. The van der Waals surface area contributed by atoms with Crippen LogP contribution in [0, 0.1) is 41.5 Å². The van der Waals surface area contributed by atoms with Gasteiger partial charge in [-0.1, -0.05) is 94.0 Å². The maximum Gasteiger partial charge on any atom is 0.0896 e. The Morgan fingerprint density at radius 1 is 0.500 bits per heavy atom. The van der Waals surface area contributed by atoms with E-state index in [-0.39, 0.29) is 5.43 Å². The van der Waals surface area contributed by atoms with Crippen molar-refractivity contribution < 1.29 is 26.8 Å². The van der Waals surface area contributed by atoms with E-state index in [0.29, 0.717) is 0 Å². The SMILES string of the molecule is C[Si](C)=[Zr]([Cl])[Cl].Cc1ccc(-c2c(C)ccc3[cH-]c(-c4ccc(C)o4)cc23)cc1.Cc1ccc(-c2c(C)ccc3[cH-]c(-c4ccc(C)o4)cc23)cc1. The molecule has 0 radical (unpaired) electrons. The summed E-state index contributed by atoms with van der Waals surface area (Å²) >= 11 is -1.65. The third kappa shape index (κ3) is 8.75. The fraction of sp³-hybridized carbons (Fsp3) is 0.174. The smallest absolute Gasteiger partial charge is 0.0896 e. The summed E-state index contributed by atoms with van der Waals surface area (Å²) in [4.78, 5) is 0. The van der Waals surface area contributed by atoms with Gasteiger partial charge < -0.3 is 8.83 Å². The van der Waals surface area contributed by atoms with Crippen LogP contribution in [0.25, 0.3) is 66.4 Å². The van der Waals surface area contributed by atoms with Crippen LogP contribution in [-0.4, -0.2) is 5.43 Å². The van der Waals surface area contributed by atoms with Gasteiger partial charge in [0.05, 0.1) is 23.0 Å². The summed E-state index contributed by atoms with van der Waals surface area (Å²) in [5, 5.41) is 5.10. The van der Waals surface area contributed by atoms with E-state index in [4.69, 9.17) is 25.9 Å². The molecule has 0 fully saturated rings. The summed E-state index contributed by atoms with van der Waals surface area (Å²) < 4.78 is 11.6. The molecule has 0 atom stereocenters. The van der Waals surface area contributed by atoms with Crippen LogP contribution in [0.5, 0.6) is 0 Å². The normalized spacial score (nSPS) is 10.9. The molecule has 8 aromatic rings. The Morgan fingerprint density at radius 3 is 1.17 bits per heavy atom.